The van der Waals surface area contributed by atoms with Crippen molar-refractivity contribution >= 4 is 22.5 Å². The summed E-state index contributed by atoms with van der Waals surface area (Å²) in [6.07, 6.45) is 5.56. The number of aliphatic hydroxyl groups is 1. The van der Waals surface area contributed by atoms with Gasteiger partial charge in [-0.2, -0.15) is 0 Å². The van der Waals surface area contributed by atoms with Gasteiger partial charge >= 0.3 is 0 Å². The molecule has 3 heterocycles. The predicted molar refractivity (Wildman–Crippen MR) is 112 cm³/mol. The largest absolute Gasteiger partial charge is 0.393 e. The zero-order chi connectivity index (χ0) is 20.7. The summed E-state index contributed by atoms with van der Waals surface area (Å²) in [6.45, 7) is 0.733. The molecule has 3 aromatic rings. The highest BCUT2D eigenvalue weighted by Crippen LogP contribution is 2.37. The molecular formula is C23H24F2N4O. The number of benzene rings is 1. The van der Waals surface area contributed by atoms with Crippen molar-refractivity contribution in [2.75, 3.05) is 16.8 Å². The van der Waals surface area contributed by atoms with Crippen LogP contribution in [0.2, 0.25) is 0 Å². The Morgan fingerprint density at radius 2 is 1.97 bits per heavy atom. The first-order valence-electron chi connectivity index (χ1n) is 10.5. The van der Waals surface area contributed by atoms with E-state index in [0.29, 0.717) is 5.56 Å². The van der Waals surface area contributed by atoms with Crippen molar-refractivity contribution in [3.8, 4) is 0 Å². The summed E-state index contributed by atoms with van der Waals surface area (Å²) >= 11 is 0. The van der Waals surface area contributed by atoms with Crippen molar-refractivity contribution in [1.82, 2.24) is 9.97 Å². The summed E-state index contributed by atoms with van der Waals surface area (Å²) in [5.74, 6) is -0.0896. The van der Waals surface area contributed by atoms with Crippen LogP contribution in [0.25, 0.3) is 11.0 Å². The number of fused-ring (bicyclic) bond motifs is 1. The third kappa shape index (κ3) is 3.58. The van der Waals surface area contributed by atoms with Gasteiger partial charge in [0.25, 0.3) is 0 Å². The number of aromatic nitrogens is 2. The SMILES string of the molecule is OC1CCC(Nc2ccnc3ccc(N4CCCC4c4cc(F)ccc4F)nc23)C1. The molecule has 0 amide bonds. The van der Waals surface area contributed by atoms with Crippen LogP contribution in [0, 0.1) is 11.6 Å². The molecule has 0 bridgehead atoms. The van der Waals surface area contributed by atoms with Gasteiger partial charge in [-0.1, -0.05) is 0 Å². The van der Waals surface area contributed by atoms with Crippen LogP contribution < -0.4 is 10.2 Å². The van der Waals surface area contributed by atoms with Gasteiger partial charge in [0.1, 0.15) is 23.0 Å². The summed E-state index contributed by atoms with van der Waals surface area (Å²) in [5.41, 5.74) is 2.78. The summed E-state index contributed by atoms with van der Waals surface area (Å²) in [5, 5.41) is 13.3. The molecule has 1 saturated carbocycles. The molecule has 7 heteroatoms. The number of nitrogens with one attached hydrogen (secondary N) is 1. The number of nitrogens with zero attached hydrogens (tertiary/aromatic N) is 3. The van der Waals surface area contributed by atoms with Gasteiger partial charge in [0.05, 0.1) is 23.3 Å². The first-order valence-corrected chi connectivity index (χ1v) is 10.5. The Labute approximate surface area is 173 Å². The van der Waals surface area contributed by atoms with Crippen molar-refractivity contribution in [1.29, 1.82) is 0 Å². The van der Waals surface area contributed by atoms with E-state index in [1.807, 2.05) is 23.1 Å². The summed E-state index contributed by atoms with van der Waals surface area (Å²) < 4.78 is 28.2. The van der Waals surface area contributed by atoms with Crippen LogP contribution in [-0.2, 0) is 0 Å². The molecule has 1 aliphatic heterocycles. The van der Waals surface area contributed by atoms with Crippen LogP contribution in [-0.4, -0.2) is 33.8 Å². The standard InChI is InChI=1S/C23H24F2N4O/c24-14-3-6-18(25)17(12-14)21-2-1-11-29(21)22-8-7-19-23(28-22)20(9-10-26-19)27-15-4-5-16(30)13-15/h3,6-10,12,15-16,21,30H,1-2,4-5,11,13H2,(H,26,27). The first-order chi connectivity index (χ1) is 14.6. The highest BCUT2D eigenvalue weighted by molar-refractivity contribution is 5.88. The van der Waals surface area contributed by atoms with Gasteiger partial charge in [-0.3, -0.25) is 4.98 Å². The molecule has 1 saturated heterocycles. The second-order valence-corrected chi connectivity index (χ2v) is 8.22. The number of anilines is 2. The number of halogens is 2. The highest BCUT2D eigenvalue weighted by Gasteiger charge is 2.30. The maximum absolute atomic E-state index is 14.4. The zero-order valence-electron chi connectivity index (χ0n) is 16.6. The number of aliphatic hydroxyl groups excluding tert-OH is 1. The Morgan fingerprint density at radius 1 is 1.07 bits per heavy atom. The molecule has 5 nitrogen and oxygen atoms in total. The van der Waals surface area contributed by atoms with E-state index in [1.54, 1.807) is 6.20 Å². The minimum atomic E-state index is -0.431. The smallest absolute Gasteiger partial charge is 0.129 e. The van der Waals surface area contributed by atoms with Crippen molar-refractivity contribution in [2.24, 2.45) is 0 Å². The number of pyridine rings is 2. The van der Waals surface area contributed by atoms with E-state index in [1.165, 1.54) is 12.1 Å². The first kappa shape index (κ1) is 19.2. The predicted octanol–water partition coefficient (Wildman–Crippen LogP) is 4.57. The molecule has 3 atom stereocenters. The third-order valence-electron chi connectivity index (χ3n) is 6.20. The van der Waals surface area contributed by atoms with Crippen molar-refractivity contribution in [3.05, 3.63) is 59.8 Å². The average molecular weight is 410 g/mol. The number of hydrogen-bond acceptors (Lipinski definition) is 5. The summed E-state index contributed by atoms with van der Waals surface area (Å²) in [7, 11) is 0. The Bertz CT molecular complexity index is 1080. The minimum absolute atomic E-state index is 0.206. The maximum Gasteiger partial charge on any atom is 0.129 e. The molecule has 30 heavy (non-hydrogen) atoms. The fourth-order valence-corrected chi connectivity index (χ4v) is 4.73. The van der Waals surface area contributed by atoms with E-state index in [0.717, 1.165) is 67.3 Å². The molecule has 0 radical (unpaired) electrons. The van der Waals surface area contributed by atoms with Gasteiger partial charge < -0.3 is 15.3 Å². The monoisotopic (exact) mass is 410 g/mol. The van der Waals surface area contributed by atoms with Gasteiger partial charge in [-0.25, -0.2) is 13.8 Å². The van der Waals surface area contributed by atoms with Crippen LogP contribution in [0.3, 0.4) is 0 Å². The number of rotatable bonds is 4. The molecular weight excluding hydrogens is 386 g/mol. The summed E-state index contributed by atoms with van der Waals surface area (Å²) in [6, 6.07) is 9.31. The molecule has 3 unspecified atom stereocenters. The molecule has 0 spiro atoms. The lowest BCUT2D eigenvalue weighted by atomic mass is 10.0. The molecule has 2 aliphatic rings. The van der Waals surface area contributed by atoms with E-state index in [-0.39, 0.29) is 18.2 Å². The zero-order valence-corrected chi connectivity index (χ0v) is 16.6. The van der Waals surface area contributed by atoms with Gasteiger partial charge in [0.2, 0.25) is 0 Å². The Morgan fingerprint density at radius 3 is 2.80 bits per heavy atom. The average Bonchev–Trinajstić information content (AvgIpc) is 3.39. The fraction of sp³-hybridized carbons (Fsp3) is 0.391. The van der Waals surface area contributed by atoms with E-state index in [9.17, 15) is 13.9 Å². The second-order valence-electron chi connectivity index (χ2n) is 8.22. The van der Waals surface area contributed by atoms with Crippen molar-refractivity contribution in [2.45, 2.75) is 50.3 Å². The van der Waals surface area contributed by atoms with Gasteiger partial charge in [-0.05, 0) is 68.5 Å². The summed E-state index contributed by atoms with van der Waals surface area (Å²) in [4.78, 5) is 11.3. The van der Waals surface area contributed by atoms with E-state index in [4.69, 9.17) is 4.98 Å². The van der Waals surface area contributed by atoms with Crippen LogP contribution in [0.1, 0.15) is 43.7 Å². The Hall–Kier alpha value is -2.80. The second kappa shape index (κ2) is 7.80. The molecule has 156 valence electrons. The van der Waals surface area contributed by atoms with E-state index >= 15 is 0 Å². The van der Waals surface area contributed by atoms with Gasteiger partial charge in [-0.15, -0.1) is 0 Å². The Kier molecular flexibility index (Phi) is 4.98. The lowest BCUT2D eigenvalue weighted by Crippen LogP contribution is -2.24. The van der Waals surface area contributed by atoms with Crippen LogP contribution in [0.4, 0.5) is 20.3 Å². The van der Waals surface area contributed by atoms with Crippen molar-refractivity contribution < 1.29 is 13.9 Å². The van der Waals surface area contributed by atoms with E-state index in [2.05, 4.69) is 10.3 Å². The lowest BCUT2D eigenvalue weighted by molar-refractivity contribution is 0.182. The van der Waals surface area contributed by atoms with Gasteiger partial charge in [0, 0.05) is 24.3 Å². The van der Waals surface area contributed by atoms with Crippen LogP contribution in [0.5, 0.6) is 0 Å². The third-order valence-corrected chi connectivity index (χ3v) is 6.20. The number of hydrogen-bond donors (Lipinski definition) is 2. The molecule has 1 aliphatic carbocycles. The highest BCUT2D eigenvalue weighted by atomic mass is 19.1. The molecule has 5 rings (SSSR count). The molecule has 2 N–H and O–H groups in total. The van der Waals surface area contributed by atoms with Crippen LogP contribution in [0.15, 0.2) is 42.6 Å². The maximum atomic E-state index is 14.4. The normalized spacial score (nSPS) is 24.0. The quantitative estimate of drug-likeness (QED) is 0.660. The van der Waals surface area contributed by atoms with Crippen LogP contribution >= 0.6 is 0 Å². The topological polar surface area (TPSA) is 61.3 Å². The lowest BCUT2D eigenvalue weighted by Gasteiger charge is -2.27. The van der Waals surface area contributed by atoms with Gasteiger partial charge in [0.15, 0.2) is 0 Å². The Balaban J connectivity index is 1.49. The molecule has 2 aromatic heterocycles. The fourth-order valence-electron chi connectivity index (χ4n) is 4.73. The molecule has 2 fully saturated rings. The van der Waals surface area contributed by atoms with E-state index < -0.39 is 11.6 Å². The minimum Gasteiger partial charge on any atom is -0.393 e. The van der Waals surface area contributed by atoms with Crippen molar-refractivity contribution in [3.63, 3.8) is 0 Å². The molecule has 1 aromatic carbocycles.